The molecule has 1 heterocycles. The lowest BCUT2D eigenvalue weighted by Gasteiger charge is -2.04. The highest BCUT2D eigenvalue weighted by atomic mass is 16.1. The molecule has 0 aliphatic carbocycles. The Kier molecular flexibility index (Phi) is 2.61. The first kappa shape index (κ1) is 10.7. The molecule has 0 saturated heterocycles. The molecule has 3 aromatic rings. The SMILES string of the molecule is O=Cc1cncc(-c2ccc3ccccc3c2)c1. The van der Waals surface area contributed by atoms with Gasteiger partial charge in [0, 0.05) is 23.5 Å². The number of pyridine rings is 1. The molecule has 0 bridgehead atoms. The molecule has 86 valence electrons. The van der Waals surface area contributed by atoms with E-state index in [2.05, 4.69) is 29.2 Å². The van der Waals surface area contributed by atoms with Crippen molar-refractivity contribution in [3.63, 3.8) is 0 Å². The maximum absolute atomic E-state index is 10.8. The lowest BCUT2D eigenvalue weighted by Crippen LogP contribution is -1.85. The first-order chi connectivity index (χ1) is 8.86. The zero-order chi connectivity index (χ0) is 12.4. The Morgan fingerprint density at radius 1 is 0.833 bits per heavy atom. The predicted octanol–water partition coefficient (Wildman–Crippen LogP) is 3.71. The van der Waals surface area contributed by atoms with Gasteiger partial charge in [0.1, 0.15) is 0 Å². The van der Waals surface area contributed by atoms with Crippen molar-refractivity contribution >= 4 is 17.1 Å². The summed E-state index contributed by atoms with van der Waals surface area (Å²) in [6.45, 7) is 0. The zero-order valence-electron chi connectivity index (χ0n) is 9.71. The van der Waals surface area contributed by atoms with Crippen LogP contribution in [0.15, 0.2) is 60.9 Å². The molecule has 2 heteroatoms. The zero-order valence-corrected chi connectivity index (χ0v) is 9.71. The predicted molar refractivity (Wildman–Crippen MR) is 72.6 cm³/mol. The van der Waals surface area contributed by atoms with Gasteiger partial charge in [0.15, 0.2) is 6.29 Å². The number of nitrogens with zero attached hydrogens (tertiary/aromatic N) is 1. The van der Waals surface area contributed by atoms with Gasteiger partial charge in [-0.1, -0.05) is 36.4 Å². The standard InChI is InChI=1S/C16H11NO/c18-11-12-7-16(10-17-9-12)15-6-5-13-3-1-2-4-14(13)8-15/h1-11H. The highest BCUT2D eigenvalue weighted by Crippen LogP contribution is 2.24. The molecule has 18 heavy (non-hydrogen) atoms. The van der Waals surface area contributed by atoms with Gasteiger partial charge >= 0.3 is 0 Å². The molecule has 3 rings (SSSR count). The Morgan fingerprint density at radius 3 is 2.50 bits per heavy atom. The molecule has 0 saturated carbocycles. The smallest absolute Gasteiger partial charge is 0.151 e. The number of carbonyl (C=O) groups excluding carboxylic acids is 1. The molecule has 0 amide bonds. The summed E-state index contributed by atoms with van der Waals surface area (Å²) in [4.78, 5) is 14.8. The number of aromatic nitrogens is 1. The second-order valence-electron chi connectivity index (χ2n) is 4.19. The van der Waals surface area contributed by atoms with Crippen molar-refractivity contribution in [3.8, 4) is 11.1 Å². The van der Waals surface area contributed by atoms with E-state index in [4.69, 9.17) is 0 Å². The van der Waals surface area contributed by atoms with Crippen LogP contribution in [-0.2, 0) is 0 Å². The molecule has 0 radical (unpaired) electrons. The molecule has 2 nitrogen and oxygen atoms in total. The van der Waals surface area contributed by atoms with Crippen LogP contribution in [0.3, 0.4) is 0 Å². The van der Waals surface area contributed by atoms with Crippen molar-refractivity contribution in [3.05, 3.63) is 66.5 Å². The summed E-state index contributed by atoms with van der Waals surface area (Å²) in [5, 5.41) is 2.40. The number of hydrogen-bond acceptors (Lipinski definition) is 2. The van der Waals surface area contributed by atoms with Crippen molar-refractivity contribution in [2.45, 2.75) is 0 Å². The molecule has 0 N–H and O–H groups in total. The van der Waals surface area contributed by atoms with Crippen LogP contribution in [0.25, 0.3) is 21.9 Å². The molecule has 2 aromatic carbocycles. The Labute approximate surface area is 105 Å². The minimum atomic E-state index is 0.598. The van der Waals surface area contributed by atoms with Crippen molar-refractivity contribution in [1.29, 1.82) is 0 Å². The van der Waals surface area contributed by atoms with E-state index in [1.165, 1.54) is 10.8 Å². The van der Waals surface area contributed by atoms with E-state index in [-0.39, 0.29) is 0 Å². The third-order valence-corrected chi connectivity index (χ3v) is 2.98. The molecule has 0 fully saturated rings. The van der Waals surface area contributed by atoms with E-state index < -0.39 is 0 Å². The van der Waals surface area contributed by atoms with Gasteiger partial charge in [-0.25, -0.2) is 0 Å². The Balaban J connectivity index is 2.15. The Bertz CT molecular complexity index is 719. The van der Waals surface area contributed by atoms with E-state index in [9.17, 15) is 4.79 Å². The second kappa shape index (κ2) is 4.41. The fraction of sp³-hybridized carbons (Fsp3) is 0. The largest absolute Gasteiger partial charge is 0.298 e. The van der Waals surface area contributed by atoms with Crippen LogP contribution in [0.1, 0.15) is 10.4 Å². The summed E-state index contributed by atoms with van der Waals surface area (Å²) in [6.07, 6.45) is 4.16. The number of aldehydes is 1. The van der Waals surface area contributed by atoms with Crippen molar-refractivity contribution in [2.24, 2.45) is 0 Å². The minimum Gasteiger partial charge on any atom is -0.298 e. The van der Waals surface area contributed by atoms with Gasteiger partial charge in [-0.15, -0.1) is 0 Å². The van der Waals surface area contributed by atoms with Crippen molar-refractivity contribution < 1.29 is 4.79 Å². The minimum absolute atomic E-state index is 0.598. The van der Waals surface area contributed by atoms with Crippen LogP contribution in [0, 0.1) is 0 Å². The molecule has 0 aliphatic rings. The molecule has 0 unspecified atom stereocenters. The fourth-order valence-electron chi connectivity index (χ4n) is 2.05. The van der Waals surface area contributed by atoms with Gasteiger partial charge in [-0.2, -0.15) is 0 Å². The van der Waals surface area contributed by atoms with Crippen LogP contribution >= 0.6 is 0 Å². The van der Waals surface area contributed by atoms with Crippen molar-refractivity contribution in [2.75, 3.05) is 0 Å². The van der Waals surface area contributed by atoms with E-state index in [1.54, 1.807) is 12.4 Å². The van der Waals surface area contributed by atoms with E-state index in [1.807, 2.05) is 24.3 Å². The van der Waals surface area contributed by atoms with Gasteiger partial charge < -0.3 is 0 Å². The van der Waals surface area contributed by atoms with Gasteiger partial charge in [0.2, 0.25) is 0 Å². The highest BCUT2D eigenvalue weighted by molar-refractivity contribution is 5.88. The Morgan fingerprint density at radius 2 is 1.67 bits per heavy atom. The molecule has 0 atom stereocenters. The van der Waals surface area contributed by atoms with Crippen LogP contribution in [0.4, 0.5) is 0 Å². The topological polar surface area (TPSA) is 30.0 Å². The third kappa shape index (κ3) is 1.89. The van der Waals surface area contributed by atoms with E-state index in [0.717, 1.165) is 17.4 Å². The third-order valence-electron chi connectivity index (χ3n) is 2.98. The molecular formula is C16H11NO. The lowest BCUT2D eigenvalue weighted by molar-refractivity contribution is 0.112. The summed E-state index contributed by atoms with van der Waals surface area (Å²) in [7, 11) is 0. The molecule has 0 aliphatic heterocycles. The number of benzene rings is 2. The number of carbonyl (C=O) groups is 1. The summed E-state index contributed by atoms with van der Waals surface area (Å²) in [5.41, 5.74) is 2.64. The summed E-state index contributed by atoms with van der Waals surface area (Å²) < 4.78 is 0. The quantitative estimate of drug-likeness (QED) is 0.631. The maximum atomic E-state index is 10.8. The normalized spacial score (nSPS) is 10.4. The van der Waals surface area contributed by atoms with Gasteiger partial charge in [0.25, 0.3) is 0 Å². The maximum Gasteiger partial charge on any atom is 0.151 e. The summed E-state index contributed by atoms with van der Waals surface area (Å²) in [5.74, 6) is 0. The average Bonchev–Trinajstić information content (AvgIpc) is 2.47. The van der Waals surface area contributed by atoms with Gasteiger partial charge in [-0.05, 0) is 28.5 Å². The lowest BCUT2D eigenvalue weighted by atomic mass is 10.0. The average molecular weight is 233 g/mol. The van der Waals surface area contributed by atoms with Gasteiger partial charge in [0.05, 0.1) is 0 Å². The van der Waals surface area contributed by atoms with Crippen LogP contribution in [0.5, 0.6) is 0 Å². The van der Waals surface area contributed by atoms with Crippen LogP contribution < -0.4 is 0 Å². The number of rotatable bonds is 2. The Hall–Kier alpha value is -2.48. The number of hydrogen-bond donors (Lipinski definition) is 0. The van der Waals surface area contributed by atoms with Crippen LogP contribution in [-0.4, -0.2) is 11.3 Å². The fourth-order valence-corrected chi connectivity index (χ4v) is 2.05. The molecule has 0 spiro atoms. The van der Waals surface area contributed by atoms with Gasteiger partial charge in [-0.3, -0.25) is 9.78 Å². The molecular weight excluding hydrogens is 222 g/mol. The van der Waals surface area contributed by atoms with E-state index >= 15 is 0 Å². The van der Waals surface area contributed by atoms with Crippen molar-refractivity contribution in [1.82, 2.24) is 4.98 Å². The number of fused-ring (bicyclic) bond motifs is 1. The summed E-state index contributed by atoms with van der Waals surface area (Å²) in [6, 6.07) is 16.3. The van der Waals surface area contributed by atoms with Crippen LogP contribution in [0.2, 0.25) is 0 Å². The monoisotopic (exact) mass is 233 g/mol. The van der Waals surface area contributed by atoms with E-state index in [0.29, 0.717) is 5.56 Å². The summed E-state index contributed by atoms with van der Waals surface area (Å²) >= 11 is 0. The first-order valence-corrected chi connectivity index (χ1v) is 5.76. The second-order valence-corrected chi connectivity index (χ2v) is 4.19. The molecule has 1 aromatic heterocycles. The highest BCUT2D eigenvalue weighted by Gasteiger charge is 2.01. The first-order valence-electron chi connectivity index (χ1n) is 5.76.